The first-order valence-corrected chi connectivity index (χ1v) is 8.87. The molecule has 1 N–H and O–H groups in total. The first-order valence-electron chi connectivity index (χ1n) is 8.87. The molecular formula is C21H24F2N2O3. The molecule has 2 aromatic carbocycles. The van der Waals surface area contributed by atoms with E-state index in [2.05, 4.69) is 5.32 Å². The molecule has 0 aliphatic carbocycles. The zero-order chi connectivity index (χ0) is 20.8. The standard InChI is InChI=1S/C21H24F2N2O3/c1-13(2)19(24-20(26)18-16(22)6-5-7-17(18)23)21(27)25(3)12-14-8-10-15(28-4)11-9-14/h5-11,13,19H,12H2,1-4H3,(H,24,26). The fraction of sp³-hybridized carbons (Fsp3) is 0.333. The molecule has 1 unspecified atom stereocenters. The second-order valence-electron chi connectivity index (χ2n) is 6.83. The minimum absolute atomic E-state index is 0.274. The lowest BCUT2D eigenvalue weighted by Crippen LogP contribution is -2.50. The van der Waals surface area contributed by atoms with Crippen molar-refractivity contribution in [1.29, 1.82) is 0 Å². The van der Waals surface area contributed by atoms with Crippen LogP contribution in [0.5, 0.6) is 5.75 Å². The van der Waals surface area contributed by atoms with Crippen molar-refractivity contribution in [3.8, 4) is 5.75 Å². The average molecular weight is 390 g/mol. The lowest BCUT2D eigenvalue weighted by Gasteiger charge is -2.27. The normalized spacial score (nSPS) is 11.8. The van der Waals surface area contributed by atoms with Crippen molar-refractivity contribution in [2.24, 2.45) is 5.92 Å². The number of nitrogens with zero attached hydrogens (tertiary/aromatic N) is 1. The van der Waals surface area contributed by atoms with Gasteiger partial charge in [-0.25, -0.2) is 8.78 Å². The van der Waals surface area contributed by atoms with Crippen LogP contribution in [0, 0.1) is 17.6 Å². The maximum Gasteiger partial charge on any atom is 0.257 e. The molecule has 0 aliphatic heterocycles. The van der Waals surface area contributed by atoms with Gasteiger partial charge in [0.15, 0.2) is 0 Å². The second-order valence-corrected chi connectivity index (χ2v) is 6.83. The Balaban J connectivity index is 2.13. The summed E-state index contributed by atoms with van der Waals surface area (Å²) in [6.45, 7) is 3.82. The fourth-order valence-electron chi connectivity index (χ4n) is 2.76. The summed E-state index contributed by atoms with van der Waals surface area (Å²) in [5, 5.41) is 2.47. The van der Waals surface area contributed by atoms with Gasteiger partial charge in [-0.1, -0.05) is 32.0 Å². The number of methoxy groups -OCH3 is 1. The van der Waals surface area contributed by atoms with Crippen LogP contribution in [0.15, 0.2) is 42.5 Å². The van der Waals surface area contributed by atoms with E-state index in [4.69, 9.17) is 4.74 Å². The molecule has 0 aromatic heterocycles. The molecule has 2 amide bonds. The molecule has 0 saturated carbocycles. The fourth-order valence-corrected chi connectivity index (χ4v) is 2.76. The summed E-state index contributed by atoms with van der Waals surface area (Å²) in [4.78, 5) is 26.7. The first-order chi connectivity index (χ1) is 13.2. The Morgan fingerprint density at radius 3 is 2.14 bits per heavy atom. The predicted molar refractivity (Wildman–Crippen MR) is 102 cm³/mol. The van der Waals surface area contributed by atoms with Crippen LogP contribution in [0.1, 0.15) is 29.8 Å². The van der Waals surface area contributed by atoms with Crippen LogP contribution in [0.3, 0.4) is 0 Å². The summed E-state index contributed by atoms with van der Waals surface area (Å²) in [6.07, 6.45) is 0. The van der Waals surface area contributed by atoms with Gasteiger partial charge in [-0.05, 0) is 35.7 Å². The number of hydrogen-bond acceptors (Lipinski definition) is 3. The monoisotopic (exact) mass is 390 g/mol. The molecule has 28 heavy (non-hydrogen) atoms. The quantitative estimate of drug-likeness (QED) is 0.789. The molecule has 1 atom stereocenters. The van der Waals surface area contributed by atoms with E-state index in [9.17, 15) is 18.4 Å². The van der Waals surface area contributed by atoms with E-state index in [1.807, 2.05) is 12.1 Å². The minimum atomic E-state index is -0.973. The first kappa shape index (κ1) is 21.3. The maximum atomic E-state index is 13.9. The van der Waals surface area contributed by atoms with Gasteiger partial charge in [0, 0.05) is 13.6 Å². The molecule has 7 heteroatoms. The third kappa shape index (κ3) is 5.06. The van der Waals surface area contributed by atoms with Crippen LogP contribution >= 0.6 is 0 Å². The zero-order valence-corrected chi connectivity index (χ0v) is 16.3. The Morgan fingerprint density at radius 2 is 1.64 bits per heavy atom. The molecule has 0 bridgehead atoms. The number of likely N-dealkylation sites (N-methyl/N-ethyl adjacent to an activating group) is 1. The number of nitrogens with one attached hydrogen (secondary N) is 1. The Bertz CT molecular complexity index is 818. The molecule has 0 radical (unpaired) electrons. The summed E-state index contributed by atoms with van der Waals surface area (Å²) in [7, 11) is 3.18. The van der Waals surface area contributed by atoms with E-state index in [0.29, 0.717) is 12.3 Å². The van der Waals surface area contributed by atoms with Gasteiger partial charge < -0.3 is 15.0 Å². The van der Waals surface area contributed by atoms with Crippen molar-refractivity contribution in [2.75, 3.05) is 14.2 Å². The van der Waals surface area contributed by atoms with Crippen LogP contribution in [0.25, 0.3) is 0 Å². The zero-order valence-electron chi connectivity index (χ0n) is 16.3. The lowest BCUT2D eigenvalue weighted by molar-refractivity contribution is -0.133. The molecule has 0 fully saturated rings. The average Bonchev–Trinajstić information content (AvgIpc) is 2.65. The van der Waals surface area contributed by atoms with Gasteiger partial charge in [-0.15, -0.1) is 0 Å². The third-order valence-corrected chi connectivity index (χ3v) is 4.36. The highest BCUT2D eigenvalue weighted by atomic mass is 19.1. The highest BCUT2D eigenvalue weighted by Gasteiger charge is 2.29. The van der Waals surface area contributed by atoms with E-state index in [-0.39, 0.29) is 11.8 Å². The van der Waals surface area contributed by atoms with Gasteiger partial charge in [0.2, 0.25) is 5.91 Å². The molecule has 2 aromatic rings. The van der Waals surface area contributed by atoms with E-state index in [1.54, 1.807) is 40.1 Å². The molecule has 0 heterocycles. The van der Waals surface area contributed by atoms with Crippen LogP contribution in [-0.2, 0) is 11.3 Å². The predicted octanol–water partition coefficient (Wildman–Crippen LogP) is 3.39. The summed E-state index contributed by atoms with van der Waals surface area (Å²) >= 11 is 0. The summed E-state index contributed by atoms with van der Waals surface area (Å²) < 4.78 is 32.8. The Morgan fingerprint density at radius 1 is 1.07 bits per heavy atom. The number of amides is 2. The van der Waals surface area contributed by atoms with Crippen LogP contribution in [-0.4, -0.2) is 36.9 Å². The van der Waals surface area contributed by atoms with Crippen LogP contribution < -0.4 is 10.1 Å². The lowest BCUT2D eigenvalue weighted by atomic mass is 10.0. The smallest absolute Gasteiger partial charge is 0.257 e. The second kappa shape index (κ2) is 9.30. The molecule has 5 nitrogen and oxygen atoms in total. The van der Waals surface area contributed by atoms with Gasteiger partial charge in [-0.3, -0.25) is 9.59 Å². The summed E-state index contributed by atoms with van der Waals surface area (Å²) in [5.74, 6) is -2.82. The van der Waals surface area contributed by atoms with Gasteiger partial charge in [0.1, 0.15) is 29.0 Å². The van der Waals surface area contributed by atoms with E-state index in [0.717, 1.165) is 17.7 Å². The van der Waals surface area contributed by atoms with Gasteiger partial charge >= 0.3 is 0 Å². The van der Waals surface area contributed by atoms with Crippen molar-refractivity contribution in [3.63, 3.8) is 0 Å². The molecule has 150 valence electrons. The summed E-state index contributed by atoms with van der Waals surface area (Å²) in [6, 6.07) is 9.50. The highest BCUT2D eigenvalue weighted by Crippen LogP contribution is 2.16. The molecular weight excluding hydrogens is 366 g/mol. The van der Waals surface area contributed by atoms with Crippen molar-refractivity contribution >= 4 is 11.8 Å². The summed E-state index contributed by atoms with van der Waals surface area (Å²) in [5.41, 5.74) is 0.185. The van der Waals surface area contributed by atoms with Crippen LogP contribution in [0.2, 0.25) is 0 Å². The van der Waals surface area contributed by atoms with Crippen molar-refractivity contribution in [1.82, 2.24) is 10.2 Å². The molecule has 0 saturated heterocycles. The Kier molecular flexibility index (Phi) is 7.09. The highest BCUT2D eigenvalue weighted by molar-refractivity contribution is 5.98. The largest absolute Gasteiger partial charge is 0.497 e. The SMILES string of the molecule is COc1ccc(CN(C)C(=O)C(NC(=O)c2c(F)cccc2F)C(C)C)cc1. The third-order valence-electron chi connectivity index (χ3n) is 4.36. The molecule has 2 rings (SSSR count). The minimum Gasteiger partial charge on any atom is -0.497 e. The number of benzene rings is 2. The van der Waals surface area contributed by atoms with Crippen molar-refractivity contribution in [3.05, 3.63) is 65.2 Å². The maximum absolute atomic E-state index is 13.9. The van der Waals surface area contributed by atoms with Crippen molar-refractivity contribution in [2.45, 2.75) is 26.4 Å². The number of carbonyl (C=O) groups is 2. The number of carbonyl (C=O) groups excluding carboxylic acids is 2. The van der Waals surface area contributed by atoms with E-state index in [1.165, 1.54) is 11.0 Å². The molecule has 0 spiro atoms. The van der Waals surface area contributed by atoms with E-state index < -0.39 is 29.1 Å². The van der Waals surface area contributed by atoms with Crippen LogP contribution in [0.4, 0.5) is 8.78 Å². The number of hydrogen-bond donors (Lipinski definition) is 1. The van der Waals surface area contributed by atoms with Gasteiger partial charge in [0.05, 0.1) is 7.11 Å². The number of rotatable bonds is 7. The van der Waals surface area contributed by atoms with Gasteiger partial charge in [0.25, 0.3) is 5.91 Å². The van der Waals surface area contributed by atoms with Crippen molar-refractivity contribution < 1.29 is 23.1 Å². The Hall–Kier alpha value is -2.96. The Labute approximate surface area is 163 Å². The number of ether oxygens (including phenoxy) is 1. The van der Waals surface area contributed by atoms with Gasteiger partial charge in [-0.2, -0.15) is 0 Å². The molecule has 0 aliphatic rings. The van der Waals surface area contributed by atoms with E-state index >= 15 is 0 Å². The number of halogens is 2. The topological polar surface area (TPSA) is 58.6 Å².